The van der Waals surface area contributed by atoms with Gasteiger partial charge in [-0.05, 0) is 50.2 Å². The highest BCUT2D eigenvalue weighted by Crippen LogP contribution is 2.42. The quantitative estimate of drug-likeness (QED) is 0.894. The van der Waals surface area contributed by atoms with E-state index in [1.54, 1.807) is 12.1 Å². The van der Waals surface area contributed by atoms with Crippen molar-refractivity contribution in [1.82, 2.24) is 5.32 Å². The van der Waals surface area contributed by atoms with Crippen molar-refractivity contribution in [2.75, 3.05) is 26.4 Å². The molecule has 1 aromatic carbocycles. The highest BCUT2D eigenvalue weighted by Gasteiger charge is 2.41. The summed E-state index contributed by atoms with van der Waals surface area (Å²) in [5.41, 5.74) is 0.884. The maximum atomic E-state index is 14.5. The van der Waals surface area contributed by atoms with Crippen molar-refractivity contribution in [3.05, 3.63) is 35.6 Å². The van der Waals surface area contributed by atoms with Gasteiger partial charge in [0.25, 0.3) is 0 Å². The Bertz CT molecular complexity index is 574. The van der Waals surface area contributed by atoms with Crippen LogP contribution in [0.1, 0.15) is 56.9 Å². The van der Waals surface area contributed by atoms with Crippen molar-refractivity contribution in [2.45, 2.75) is 68.4 Å². The molecule has 0 radical (unpaired) electrons. The van der Waals surface area contributed by atoms with Crippen molar-refractivity contribution < 1.29 is 13.9 Å². The Hall–Kier alpha value is -0.970. The minimum absolute atomic E-state index is 0.00893. The van der Waals surface area contributed by atoms with Gasteiger partial charge in [-0.3, -0.25) is 0 Å². The normalized spacial score (nSPS) is 28.3. The number of halogens is 1. The van der Waals surface area contributed by atoms with Crippen LogP contribution < -0.4 is 5.32 Å². The summed E-state index contributed by atoms with van der Waals surface area (Å²) in [6, 6.07) is 7.84. The minimum Gasteiger partial charge on any atom is -0.381 e. The van der Waals surface area contributed by atoms with Crippen LogP contribution in [-0.4, -0.2) is 38.0 Å². The fraction of sp³-hybridized carbons (Fsp3) is 0.714. The van der Waals surface area contributed by atoms with E-state index in [2.05, 4.69) is 5.32 Å². The number of hydrogen-bond donors (Lipinski definition) is 1. The van der Waals surface area contributed by atoms with Gasteiger partial charge in [-0.15, -0.1) is 0 Å². The zero-order valence-corrected chi connectivity index (χ0v) is 15.1. The van der Waals surface area contributed by atoms with Gasteiger partial charge in [0.15, 0.2) is 0 Å². The van der Waals surface area contributed by atoms with E-state index in [-0.39, 0.29) is 16.8 Å². The molecule has 4 heteroatoms. The van der Waals surface area contributed by atoms with Crippen molar-refractivity contribution in [2.24, 2.45) is 0 Å². The molecule has 4 rings (SSSR count). The Morgan fingerprint density at radius 2 is 1.80 bits per heavy atom. The second kappa shape index (κ2) is 7.34. The van der Waals surface area contributed by atoms with Crippen molar-refractivity contribution in [3.63, 3.8) is 0 Å². The third kappa shape index (κ3) is 3.62. The van der Waals surface area contributed by atoms with Crippen molar-refractivity contribution in [3.8, 4) is 0 Å². The van der Waals surface area contributed by atoms with E-state index >= 15 is 0 Å². The predicted octanol–water partition coefficient (Wildman–Crippen LogP) is 3.96. The topological polar surface area (TPSA) is 30.5 Å². The molecule has 1 N–H and O–H groups in total. The third-order valence-corrected chi connectivity index (χ3v) is 6.63. The Morgan fingerprint density at radius 3 is 2.56 bits per heavy atom. The first-order valence-corrected chi connectivity index (χ1v) is 9.92. The second-order valence-corrected chi connectivity index (χ2v) is 8.18. The first kappa shape index (κ1) is 17.4. The Morgan fingerprint density at radius 1 is 1.04 bits per heavy atom. The highest BCUT2D eigenvalue weighted by atomic mass is 19.1. The summed E-state index contributed by atoms with van der Waals surface area (Å²) in [4.78, 5) is 0. The molecule has 2 saturated heterocycles. The minimum atomic E-state index is -0.0425. The summed E-state index contributed by atoms with van der Waals surface area (Å²) < 4.78 is 26.2. The molecule has 0 aromatic heterocycles. The number of ether oxygens (including phenoxy) is 2. The van der Waals surface area contributed by atoms with Gasteiger partial charge in [0.05, 0.1) is 5.60 Å². The van der Waals surface area contributed by atoms with Crippen LogP contribution in [0.2, 0.25) is 0 Å². The molecule has 0 amide bonds. The monoisotopic (exact) mass is 347 g/mol. The van der Waals surface area contributed by atoms with E-state index in [1.807, 2.05) is 12.1 Å². The van der Waals surface area contributed by atoms with Crippen molar-refractivity contribution in [1.29, 1.82) is 0 Å². The van der Waals surface area contributed by atoms with Gasteiger partial charge in [-0.25, -0.2) is 4.39 Å². The van der Waals surface area contributed by atoms with Crippen LogP contribution in [0.4, 0.5) is 4.39 Å². The molecule has 25 heavy (non-hydrogen) atoms. The fourth-order valence-corrected chi connectivity index (χ4v) is 5.12. The molecule has 2 heterocycles. The molecule has 3 nitrogen and oxygen atoms in total. The lowest BCUT2D eigenvalue weighted by Crippen LogP contribution is -2.52. The summed E-state index contributed by atoms with van der Waals surface area (Å²) in [5, 5.41) is 3.81. The Balaban J connectivity index is 1.44. The van der Waals surface area contributed by atoms with Crippen LogP contribution in [0.25, 0.3) is 0 Å². The van der Waals surface area contributed by atoms with Crippen LogP contribution >= 0.6 is 0 Å². The largest absolute Gasteiger partial charge is 0.381 e. The summed E-state index contributed by atoms with van der Waals surface area (Å²) >= 11 is 0. The molecular weight excluding hydrogens is 317 g/mol. The van der Waals surface area contributed by atoms with Crippen LogP contribution in [0, 0.1) is 5.82 Å². The summed E-state index contributed by atoms with van der Waals surface area (Å²) in [5.74, 6) is -0.0425. The highest BCUT2D eigenvalue weighted by molar-refractivity contribution is 5.29. The molecular formula is C21H30FNO2. The molecule has 0 unspecified atom stereocenters. The number of rotatable bonds is 4. The smallest absolute Gasteiger partial charge is 0.127 e. The number of hydrogen-bond acceptors (Lipinski definition) is 3. The lowest BCUT2D eigenvalue weighted by molar-refractivity contribution is -0.140. The molecule has 3 aliphatic rings. The molecule has 138 valence electrons. The molecule has 1 aromatic rings. The molecule has 1 aliphatic carbocycles. The molecule has 3 fully saturated rings. The van der Waals surface area contributed by atoms with Crippen LogP contribution in [0.15, 0.2) is 24.3 Å². The summed E-state index contributed by atoms with van der Waals surface area (Å²) in [6.07, 6.45) is 8.69. The van der Waals surface area contributed by atoms with Crippen LogP contribution in [0.3, 0.4) is 0 Å². The fourth-order valence-electron chi connectivity index (χ4n) is 5.12. The van der Waals surface area contributed by atoms with Crippen molar-refractivity contribution >= 4 is 0 Å². The van der Waals surface area contributed by atoms with Gasteiger partial charge in [-0.1, -0.05) is 31.0 Å². The first-order valence-electron chi connectivity index (χ1n) is 9.92. The maximum Gasteiger partial charge on any atom is 0.127 e. The van der Waals surface area contributed by atoms with Crippen LogP contribution in [0.5, 0.6) is 0 Å². The summed E-state index contributed by atoms with van der Waals surface area (Å²) in [6.45, 7) is 3.33. The van der Waals surface area contributed by atoms with Crippen LogP contribution in [-0.2, 0) is 14.9 Å². The number of benzene rings is 1. The van der Waals surface area contributed by atoms with Gasteiger partial charge in [-0.2, -0.15) is 0 Å². The van der Waals surface area contributed by atoms with E-state index < -0.39 is 0 Å². The molecule has 1 spiro atoms. The molecule has 1 saturated carbocycles. The van der Waals surface area contributed by atoms with Gasteiger partial charge in [0.2, 0.25) is 0 Å². The van der Waals surface area contributed by atoms with E-state index in [0.717, 1.165) is 70.5 Å². The zero-order chi connectivity index (χ0) is 17.2. The van der Waals surface area contributed by atoms with E-state index in [1.165, 1.54) is 12.8 Å². The third-order valence-electron chi connectivity index (χ3n) is 6.63. The standard InChI is InChI=1S/C21H30FNO2/c22-19-6-2-1-5-18(19)20(8-3-4-9-20)16-23-17-7-12-25-21(15-17)10-13-24-14-11-21/h1-2,5-6,17,23H,3-4,7-16H2/t17-/m1/s1. The van der Waals surface area contributed by atoms with E-state index in [9.17, 15) is 4.39 Å². The molecule has 1 atom stereocenters. The maximum absolute atomic E-state index is 14.5. The lowest BCUT2D eigenvalue weighted by atomic mass is 9.77. The molecule has 0 bridgehead atoms. The van der Waals surface area contributed by atoms with Gasteiger partial charge < -0.3 is 14.8 Å². The Kier molecular flexibility index (Phi) is 5.12. The van der Waals surface area contributed by atoms with Gasteiger partial charge >= 0.3 is 0 Å². The van der Waals surface area contributed by atoms with Gasteiger partial charge in [0.1, 0.15) is 5.82 Å². The zero-order valence-electron chi connectivity index (χ0n) is 15.1. The van der Waals surface area contributed by atoms with E-state index in [0.29, 0.717) is 6.04 Å². The van der Waals surface area contributed by atoms with Gasteiger partial charge in [0, 0.05) is 37.8 Å². The second-order valence-electron chi connectivity index (χ2n) is 8.18. The molecule has 2 aliphatic heterocycles. The predicted molar refractivity (Wildman–Crippen MR) is 96.3 cm³/mol. The average Bonchev–Trinajstić information content (AvgIpc) is 3.11. The first-order chi connectivity index (χ1) is 12.2. The average molecular weight is 347 g/mol. The van der Waals surface area contributed by atoms with E-state index in [4.69, 9.17) is 9.47 Å². The Labute approximate surface area is 150 Å². The summed E-state index contributed by atoms with van der Waals surface area (Å²) in [7, 11) is 0. The SMILES string of the molecule is Fc1ccccc1C1(CN[C@@H]2CCOC3(CCOCC3)C2)CCCC1. The lowest BCUT2D eigenvalue weighted by Gasteiger charge is -2.44. The number of nitrogens with one attached hydrogen (secondary N) is 1.